The molecule has 1 aliphatic rings. The van der Waals surface area contributed by atoms with E-state index in [0.717, 1.165) is 6.07 Å². The lowest BCUT2D eigenvalue weighted by Gasteiger charge is -2.28. The summed E-state index contributed by atoms with van der Waals surface area (Å²) >= 11 is 0. The summed E-state index contributed by atoms with van der Waals surface area (Å²) in [5.74, 6) is -1.83. The molecular weight excluding hydrogens is 346 g/mol. The van der Waals surface area contributed by atoms with Crippen LogP contribution in [-0.2, 0) is 9.53 Å². The van der Waals surface area contributed by atoms with Crippen LogP contribution in [-0.4, -0.2) is 30.6 Å². The number of hydrogen-bond donors (Lipinski definition) is 2. The molecule has 0 radical (unpaired) electrons. The second kappa shape index (κ2) is 7.72. The monoisotopic (exact) mass is 364 g/mol. The van der Waals surface area contributed by atoms with Crippen LogP contribution < -0.4 is 20.5 Å². The summed E-state index contributed by atoms with van der Waals surface area (Å²) in [4.78, 5) is 34.6. The molecule has 140 valence electrons. The average molecular weight is 364 g/mol. The highest BCUT2D eigenvalue weighted by atomic mass is 16.6. The molecule has 0 bridgehead atoms. The number of hydrogen-bond acceptors (Lipinski definition) is 7. The highest BCUT2D eigenvalue weighted by molar-refractivity contribution is 5.95. The van der Waals surface area contributed by atoms with Gasteiger partial charge in [-0.05, 0) is 25.0 Å². The Morgan fingerprint density at radius 1 is 1.38 bits per heavy atom. The number of esters is 1. The van der Waals surface area contributed by atoms with Gasteiger partial charge in [0.1, 0.15) is 5.75 Å². The molecular formula is C16H18N3O7-. The van der Waals surface area contributed by atoms with Crippen molar-refractivity contribution in [3.63, 3.8) is 0 Å². The first-order chi connectivity index (χ1) is 12.3. The van der Waals surface area contributed by atoms with Gasteiger partial charge in [-0.25, -0.2) is 9.59 Å². The first kappa shape index (κ1) is 19.0. The van der Waals surface area contributed by atoms with Crippen molar-refractivity contribution in [1.82, 2.24) is 10.6 Å². The maximum atomic E-state index is 12.4. The predicted molar refractivity (Wildman–Crippen MR) is 87.5 cm³/mol. The number of methoxy groups -OCH3 is 1. The molecule has 0 aromatic heterocycles. The molecule has 2 amide bonds. The van der Waals surface area contributed by atoms with Crippen LogP contribution >= 0.6 is 0 Å². The van der Waals surface area contributed by atoms with Crippen LogP contribution in [0.3, 0.4) is 0 Å². The maximum Gasteiger partial charge on any atom is 0.338 e. The SMILES string of the molecule is CCCOC(=O)C1=C(C)NC(=O)N[C@H]1c1cc(OC)c([O-])c([N+](=O)[O-])c1. The molecule has 0 unspecified atom stereocenters. The minimum Gasteiger partial charge on any atom is -0.865 e. The van der Waals surface area contributed by atoms with Crippen LogP contribution in [0.5, 0.6) is 11.5 Å². The Morgan fingerprint density at radius 2 is 2.08 bits per heavy atom. The van der Waals surface area contributed by atoms with Crippen molar-refractivity contribution in [2.45, 2.75) is 26.3 Å². The summed E-state index contributed by atoms with van der Waals surface area (Å²) in [5.41, 5.74) is -0.211. The molecule has 0 saturated carbocycles. The zero-order chi connectivity index (χ0) is 19.4. The van der Waals surface area contributed by atoms with Gasteiger partial charge < -0.3 is 25.2 Å². The van der Waals surface area contributed by atoms with Crippen molar-refractivity contribution < 1.29 is 29.1 Å². The van der Waals surface area contributed by atoms with Crippen molar-refractivity contribution in [2.75, 3.05) is 13.7 Å². The number of nitro groups is 1. The molecule has 10 heteroatoms. The molecule has 10 nitrogen and oxygen atoms in total. The van der Waals surface area contributed by atoms with Crippen LogP contribution in [0.2, 0.25) is 0 Å². The fraction of sp³-hybridized carbons (Fsp3) is 0.375. The third-order valence-electron chi connectivity index (χ3n) is 3.73. The van der Waals surface area contributed by atoms with E-state index in [-0.39, 0.29) is 29.2 Å². The van der Waals surface area contributed by atoms with Crippen LogP contribution in [0.15, 0.2) is 23.4 Å². The lowest BCUT2D eigenvalue weighted by molar-refractivity contribution is -0.398. The number of allylic oxidation sites excluding steroid dienone is 1. The highest BCUT2D eigenvalue weighted by Crippen LogP contribution is 2.39. The van der Waals surface area contributed by atoms with Crippen molar-refractivity contribution in [1.29, 1.82) is 0 Å². The zero-order valence-electron chi connectivity index (χ0n) is 14.5. The maximum absolute atomic E-state index is 12.4. The molecule has 2 N–H and O–H groups in total. The number of nitrogens with one attached hydrogen (secondary N) is 2. The van der Waals surface area contributed by atoms with E-state index in [4.69, 9.17) is 9.47 Å². The van der Waals surface area contributed by atoms with E-state index < -0.39 is 34.4 Å². The summed E-state index contributed by atoms with van der Waals surface area (Å²) in [6.07, 6.45) is 0.604. The fourth-order valence-corrected chi connectivity index (χ4v) is 2.55. The summed E-state index contributed by atoms with van der Waals surface area (Å²) in [6, 6.07) is 0.654. The van der Waals surface area contributed by atoms with Gasteiger partial charge in [-0.15, -0.1) is 0 Å². The van der Waals surface area contributed by atoms with E-state index in [1.807, 2.05) is 6.92 Å². The Bertz CT molecular complexity index is 788. The van der Waals surface area contributed by atoms with Crippen molar-refractivity contribution in [2.24, 2.45) is 0 Å². The number of nitrogens with zero attached hydrogens (tertiary/aromatic N) is 1. The molecule has 0 aliphatic carbocycles. The van der Waals surface area contributed by atoms with E-state index in [2.05, 4.69) is 10.6 Å². The molecule has 0 fully saturated rings. The number of carbonyl (C=O) groups excluding carboxylic acids is 2. The number of urea groups is 1. The largest absolute Gasteiger partial charge is 0.865 e. The second-order valence-electron chi connectivity index (χ2n) is 5.53. The van der Waals surface area contributed by atoms with Gasteiger partial charge in [-0.2, -0.15) is 0 Å². The van der Waals surface area contributed by atoms with Crippen LogP contribution in [0.1, 0.15) is 31.9 Å². The van der Waals surface area contributed by atoms with Gasteiger partial charge >= 0.3 is 12.0 Å². The molecule has 1 heterocycles. The normalized spacial score (nSPS) is 16.6. The van der Waals surface area contributed by atoms with Gasteiger partial charge in [0.25, 0.3) is 5.69 Å². The molecule has 0 saturated heterocycles. The van der Waals surface area contributed by atoms with E-state index >= 15 is 0 Å². The summed E-state index contributed by atoms with van der Waals surface area (Å²) < 4.78 is 10.0. The van der Waals surface area contributed by atoms with E-state index in [9.17, 15) is 24.8 Å². The lowest BCUT2D eigenvalue weighted by atomic mass is 9.94. The standard InChI is InChI=1S/C16H19N3O7/c1-4-5-26-15(21)12-8(2)17-16(22)18-13(12)9-6-10(19(23)24)14(20)11(7-9)25-3/h6-7,13,20H,4-5H2,1-3H3,(H2,17,18,22)/p-1/t13-/m0/s1. The van der Waals surface area contributed by atoms with Crippen molar-refractivity contribution in [3.8, 4) is 11.5 Å². The number of nitro benzene ring substituents is 1. The van der Waals surface area contributed by atoms with Crippen molar-refractivity contribution in [3.05, 3.63) is 39.1 Å². The van der Waals surface area contributed by atoms with Gasteiger partial charge in [0.2, 0.25) is 0 Å². The Morgan fingerprint density at radius 3 is 2.65 bits per heavy atom. The van der Waals surface area contributed by atoms with Crippen LogP contribution in [0.25, 0.3) is 0 Å². The van der Waals surface area contributed by atoms with Gasteiger partial charge in [0.05, 0.1) is 30.3 Å². The first-order valence-electron chi connectivity index (χ1n) is 7.78. The Kier molecular flexibility index (Phi) is 5.65. The topological polar surface area (TPSA) is 143 Å². The molecule has 26 heavy (non-hydrogen) atoms. The van der Waals surface area contributed by atoms with E-state index in [0.29, 0.717) is 6.42 Å². The average Bonchev–Trinajstić information content (AvgIpc) is 2.58. The highest BCUT2D eigenvalue weighted by Gasteiger charge is 2.33. The molecule has 1 aliphatic heterocycles. The quantitative estimate of drug-likeness (QED) is 0.439. The number of amides is 2. The summed E-state index contributed by atoms with van der Waals surface area (Å²) in [5, 5.41) is 28.1. The van der Waals surface area contributed by atoms with E-state index in [1.54, 1.807) is 0 Å². The van der Waals surface area contributed by atoms with Gasteiger partial charge in [0.15, 0.2) is 0 Å². The molecule has 0 spiro atoms. The minimum absolute atomic E-state index is 0.0908. The van der Waals surface area contributed by atoms with Gasteiger partial charge in [-0.3, -0.25) is 10.1 Å². The summed E-state index contributed by atoms with van der Waals surface area (Å²) in [6.45, 7) is 3.52. The predicted octanol–water partition coefficient (Wildman–Crippen LogP) is 1.26. The zero-order valence-corrected chi connectivity index (χ0v) is 14.5. The van der Waals surface area contributed by atoms with Gasteiger partial charge in [-0.1, -0.05) is 6.92 Å². The van der Waals surface area contributed by atoms with Crippen molar-refractivity contribution >= 4 is 17.7 Å². The Labute approximate surface area is 148 Å². The lowest BCUT2D eigenvalue weighted by Crippen LogP contribution is -2.45. The molecule has 1 aromatic carbocycles. The van der Waals surface area contributed by atoms with E-state index in [1.165, 1.54) is 20.1 Å². The number of rotatable bonds is 6. The Balaban J connectivity index is 2.57. The smallest absolute Gasteiger partial charge is 0.338 e. The van der Waals surface area contributed by atoms with Gasteiger partial charge in [0, 0.05) is 17.5 Å². The summed E-state index contributed by atoms with van der Waals surface area (Å²) in [7, 11) is 1.20. The number of carbonyl (C=O) groups is 2. The van der Waals surface area contributed by atoms with Crippen LogP contribution in [0, 0.1) is 10.1 Å². The minimum atomic E-state index is -1.03. The number of benzene rings is 1. The third-order valence-corrected chi connectivity index (χ3v) is 3.73. The second-order valence-corrected chi connectivity index (χ2v) is 5.53. The first-order valence-corrected chi connectivity index (χ1v) is 7.78. The fourth-order valence-electron chi connectivity index (χ4n) is 2.55. The number of ether oxygens (including phenoxy) is 2. The molecule has 1 aromatic rings. The van der Waals surface area contributed by atoms with Crippen LogP contribution in [0.4, 0.5) is 10.5 Å². The molecule has 2 rings (SSSR count). The molecule has 1 atom stereocenters. The third kappa shape index (κ3) is 3.68. The Hall–Kier alpha value is -3.30.